The van der Waals surface area contributed by atoms with Crippen molar-refractivity contribution in [3.8, 4) is 0 Å². The van der Waals surface area contributed by atoms with Crippen LogP contribution in [0.15, 0.2) is 24.3 Å². The van der Waals surface area contributed by atoms with Gasteiger partial charge in [0.2, 0.25) is 0 Å². The first-order valence-corrected chi connectivity index (χ1v) is 7.50. The number of benzene rings is 1. The Balaban J connectivity index is 1.86. The van der Waals surface area contributed by atoms with E-state index in [-0.39, 0.29) is 0 Å². The predicted octanol–water partition coefficient (Wildman–Crippen LogP) is 2.47. The normalized spacial score (nSPS) is 10.9. The van der Waals surface area contributed by atoms with Gasteiger partial charge in [-0.15, -0.1) is 0 Å². The molecule has 22 heavy (non-hydrogen) atoms. The van der Waals surface area contributed by atoms with Gasteiger partial charge in [-0.3, -0.25) is 19.6 Å². The van der Waals surface area contributed by atoms with Gasteiger partial charge < -0.3 is 0 Å². The molecule has 7 heteroatoms. The first-order chi connectivity index (χ1) is 10.5. The lowest BCUT2D eigenvalue weighted by Gasteiger charge is -2.01. The molecule has 0 aliphatic carbocycles. The Labute approximate surface area is 130 Å². The monoisotopic (exact) mass is 314 g/mol. The van der Waals surface area contributed by atoms with Gasteiger partial charge in [-0.05, 0) is 26.0 Å². The smallest absolute Gasteiger partial charge is 0.295 e. The molecule has 2 heterocycles. The summed E-state index contributed by atoms with van der Waals surface area (Å²) in [7, 11) is 1.74. The number of aromatic nitrogens is 3. The van der Waals surface area contributed by atoms with Crippen LogP contribution >= 0.6 is 11.3 Å². The topological polar surface area (TPSA) is 76.9 Å². The first kappa shape index (κ1) is 14.4. The van der Waals surface area contributed by atoms with E-state index in [0.29, 0.717) is 22.1 Å². The fourth-order valence-corrected chi connectivity index (χ4v) is 3.16. The van der Waals surface area contributed by atoms with Crippen LogP contribution < -0.4 is 5.32 Å². The largest absolute Gasteiger partial charge is 0.298 e. The average molecular weight is 314 g/mol. The van der Waals surface area contributed by atoms with Crippen molar-refractivity contribution < 1.29 is 9.59 Å². The number of carbonyl (C=O) groups is 2. The van der Waals surface area contributed by atoms with Crippen LogP contribution in [0.2, 0.25) is 0 Å². The SMILES string of the molecule is Cc1nn(C)c(C)c1C(=O)C(=O)Nc1nc2ccccc2s1. The van der Waals surface area contributed by atoms with Crippen molar-refractivity contribution in [1.29, 1.82) is 0 Å². The number of thiazole rings is 1. The third-order valence-corrected chi connectivity index (χ3v) is 4.41. The maximum atomic E-state index is 12.3. The van der Waals surface area contributed by atoms with E-state index in [4.69, 9.17) is 0 Å². The molecule has 0 atom stereocenters. The highest BCUT2D eigenvalue weighted by atomic mass is 32.1. The van der Waals surface area contributed by atoms with Crippen LogP contribution in [0.1, 0.15) is 21.7 Å². The summed E-state index contributed by atoms with van der Waals surface area (Å²) in [6, 6.07) is 7.55. The van der Waals surface area contributed by atoms with Crippen LogP contribution in [0.4, 0.5) is 5.13 Å². The van der Waals surface area contributed by atoms with Crippen molar-refractivity contribution in [3.05, 3.63) is 41.2 Å². The lowest BCUT2D eigenvalue weighted by atomic mass is 10.1. The fraction of sp³-hybridized carbons (Fsp3) is 0.200. The zero-order chi connectivity index (χ0) is 15.9. The first-order valence-electron chi connectivity index (χ1n) is 6.69. The van der Waals surface area contributed by atoms with Crippen LogP contribution in [-0.2, 0) is 11.8 Å². The molecule has 0 aliphatic heterocycles. The van der Waals surface area contributed by atoms with Gasteiger partial charge in [-0.25, -0.2) is 4.98 Å². The van der Waals surface area contributed by atoms with E-state index in [1.165, 1.54) is 11.3 Å². The van der Waals surface area contributed by atoms with Crippen LogP contribution in [0.5, 0.6) is 0 Å². The van der Waals surface area contributed by atoms with E-state index in [9.17, 15) is 9.59 Å². The maximum Gasteiger partial charge on any atom is 0.298 e. The number of aryl methyl sites for hydroxylation is 2. The van der Waals surface area contributed by atoms with Crippen molar-refractivity contribution in [3.63, 3.8) is 0 Å². The molecule has 3 aromatic rings. The molecular formula is C15H14N4O2S. The van der Waals surface area contributed by atoms with Gasteiger partial charge in [-0.2, -0.15) is 5.10 Å². The number of anilines is 1. The second-order valence-electron chi connectivity index (χ2n) is 4.94. The number of amides is 1. The number of carbonyl (C=O) groups excluding carboxylic acids is 2. The highest BCUT2D eigenvalue weighted by molar-refractivity contribution is 7.22. The molecule has 0 saturated carbocycles. The van der Waals surface area contributed by atoms with Gasteiger partial charge in [0.15, 0.2) is 5.13 Å². The zero-order valence-corrected chi connectivity index (χ0v) is 13.2. The van der Waals surface area contributed by atoms with Gasteiger partial charge in [0.05, 0.1) is 21.5 Å². The Bertz CT molecular complexity index is 861. The van der Waals surface area contributed by atoms with E-state index in [2.05, 4.69) is 15.4 Å². The van der Waals surface area contributed by atoms with Crippen LogP contribution in [0.3, 0.4) is 0 Å². The molecule has 1 amide bonds. The quantitative estimate of drug-likeness (QED) is 0.595. The summed E-state index contributed by atoms with van der Waals surface area (Å²) in [5.41, 5.74) is 2.36. The molecule has 0 fully saturated rings. The predicted molar refractivity (Wildman–Crippen MR) is 85.3 cm³/mol. The minimum absolute atomic E-state index is 0.348. The minimum Gasteiger partial charge on any atom is -0.295 e. The lowest BCUT2D eigenvalue weighted by molar-refractivity contribution is -0.112. The standard InChI is InChI=1S/C15H14N4O2S/c1-8-12(9(2)19(3)18-8)13(20)14(21)17-15-16-10-6-4-5-7-11(10)22-15/h4-7H,1-3H3,(H,16,17,21). The summed E-state index contributed by atoms with van der Waals surface area (Å²) in [5, 5.41) is 7.15. The molecule has 112 valence electrons. The van der Waals surface area contributed by atoms with Crippen molar-refractivity contribution >= 4 is 38.4 Å². The van der Waals surface area contributed by atoms with Crippen LogP contribution in [0.25, 0.3) is 10.2 Å². The third kappa shape index (κ3) is 2.39. The molecular weight excluding hydrogens is 300 g/mol. The number of fused-ring (bicyclic) bond motifs is 1. The Morgan fingerprint density at radius 2 is 1.95 bits per heavy atom. The van der Waals surface area contributed by atoms with E-state index >= 15 is 0 Å². The van der Waals surface area contributed by atoms with Crippen LogP contribution in [-0.4, -0.2) is 26.5 Å². The van der Waals surface area contributed by atoms with Crippen molar-refractivity contribution in [2.45, 2.75) is 13.8 Å². The van der Waals surface area contributed by atoms with Gasteiger partial charge in [0.1, 0.15) is 0 Å². The van der Waals surface area contributed by atoms with Crippen molar-refractivity contribution in [1.82, 2.24) is 14.8 Å². The Hall–Kier alpha value is -2.54. The summed E-state index contributed by atoms with van der Waals surface area (Å²) in [4.78, 5) is 28.8. The molecule has 2 aromatic heterocycles. The Kier molecular flexibility index (Phi) is 3.50. The summed E-state index contributed by atoms with van der Waals surface area (Å²) >= 11 is 1.34. The number of Topliss-reactive ketones (excluding diaryl/α,β-unsaturated/α-hetero) is 1. The van der Waals surface area contributed by atoms with E-state index in [0.717, 1.165) is 10.2 Å². The molecule has 0 unspecified atom stereocenters. The number of ketones is 1. The van der Waals surface area contributed by atoms with Gasteiger partial charge in [-0.1, -0.05) is 23.5 Å². The number of hydrogen-bond acceptors (Lipinski definition) is 5. The molecule has 6 nitrogen and oxygen atoms in total. The molecule has 0 aliphatic rings. The van der Waals surface area contributed by atoms with Gasteiger partial charge in [0, 0.05) is 12.7 Å². The zero-order valence-electron chi connectivity index (χ0n) is 12.4. The molecule has 1 aromatic carbocycles. The molecule has 1 N–H and O–H groups in total. The number of para-hydroxylation sites is 1. The van der Waals surface area contributed by atoms with Crippen molar-refractivity contribution in [2.24, 2.45) is 7.05 Å². The van der Waals surface area contributed by atoms with E-state index in [1.54, 1.807) is 25.6 Å². The second kappa shape index (κ2) is 5.34. The highest BCUT2D eigenvalue weighted by Gasteiger charge is 2.24. The molecule has 3 rings (SSSR count). The summed E-state index contributed by atoms with van der Waals surface area (Å²) < 4.78 is 2.55. The fourth-order valence-electron chi connectivity index (χ4n) is 2.30. The summed E-state index contributed by atoms with van der Waals surface area (Å²) in [5.74, 6) is -1.29. The molecule has 0 spiro atoms. The Morgan fingerprint density at radius 1 is 1.23 bits per heavy atom. The van der Waals surface area contributed by atoms with Gasteiger partial charge >= 0.3 is 0 Å². The maximum absolute atomic E-state index is 12.3. The second-order valence-corrected chi connectivity index (χ2v) is 5.97. The summed E-state index contributed by atoms with van der Waals surface area (Å²) in [6.07, 6.45) is 0. The summed E-state index contributed by atoms with van der Waals surface area (Å²) in [6.45, 7) is 3.48. The number of rotatable bonds is 3. The van der Waals surface area contributed by atoms with Gasteiger partial charge in [0.25, 0.3) is 11.7 Å². The lowest BCUT2D eigenvalue weighted by Crippen LogP contribution is -2.23. The third-order valence-electron chi connectivity index (χ3n) is 3.46. The van der Waals surface area contributed by atoms with Crippen LogP contribution in [0, 0.1) is 13.8 Å². The van der Waals surface area contributed by atoms with Crippen molar-refractivity contribution in [2.75, 3.05) is 5.32 Å². The minimum atomic E-state index is -0.696. The average Bonchev–Trinajstić information content (AvgIpc) is 2.99. The highest BCUT2D eigenvalue weighted by Crippen LogP contribution is 2.25. The van der Waals surface area contributed by atoms with E-state index < -0.39 is 11.7 Å². The van der Waals surface area contributed by atoms with E-state index in [1.807, 2.05) is 24.3 Å². The number of nitrogens with zero attached hydrogens (tertiary/aromatic N) is 3. The molecule has 0 saturated heterocycles. The Morgan fingerprint density at radius 3 is 2.59 bits per heavy atom. The molecule has 0 radical (unpaired) electrons. The molecule has 0 bridgehead atoms. The number of hydrogen-bond donors (Lipinski definition) is 1. The number of nitrogens with one attached hydrogen (secondary N) is 1.